The minimum atomic E-state index is -1.57. The predicted molar refractivity (Wildman–Crippen MR) is 62.4 cm³/mol. The number of carbonyl (C=O) groups is 2. The fraction of sp³-hybridized carbons (Fsp3) is 0.833. The maximum absolute atomic E-state index is 11.9. The molecule has 0 spiro atoms. The van der Waals surface area contributed by atoms with Gasteiger partial charge < -0.3 is 15.5 Å². The summed E-state index contributed by atoms with van der Waals surface area (Å²) in [6.45, 7) is 4.69. The van der Waals surface area contributed by atoms with Crippen LogP contribution in [0.1, 0.15) is 46.5 Å². The molecule has 5 nitrogen and oxygen atoms in total. The van der Waals surface area contributed by atoms with Crippen LogP contribution in [0.25, 0.3) is 0 Å². The molecule has 1 aliphatic carbocycles. The molecule has 1 rings (SSSR count). The number of hydrogen-bond donors (Lipinski definition) is 3. The molecule has 0 bridgehead atoms. The zero-order valence-corrected chi connectivity index (χ0v) is 10.6. The molecule has 3 N–H and O–H groups in total. The Morgan fingerprint density at radius 2 is 1.88 bits per heavy atom. The third kappa shape index (κ3) is 3.43. The van der Waals surface area contributed by atoms with Crippen LogP contribution < -0.4 is 5.32 Å². The molecule has 0 heterocycles. The van der Waals surface area contributed by atoms with Gasteiger partial charge in [-0.05, 0) is 33.1 Å². The first-order valence-electron chi connectivity index (χ1n) is 5.98. The molecule has 5 heteroatoms. The average Bonchev–Trinajstić information content (AvgIpc) is 3.00. The van der Waals surface area contributed by atoms with E-state index in [4.69, 9.17) is 0 Å². The fourth-order valence-electron chi connectivity index (χ4n) is 1.71. The van der Waals surface area contributed by atoms with Gasteiger partial charge in [-0.25, -0.2) is 0 Å². The number of rotatable bonds is 6. The topological polar surface area (TPSA) is 86.6 Å². The lowest BCUT2D eigenvalue weighted by atomic mass is 9.77. The van der Waals surface area contributed by atoms with Crippen LogP contribution in [0.3, 0.4) is 0 Å². The Labute approximate surface area is 101 Å². The first-order chi connectivity index (χ1) is 7.71. The van der Waals surface area contributed by atoms with Gasteiger partial charge in [-0.3, -0.25) is 9.59 Å². The van der Waals surface area contributed by atoms with E-state index in [-0.39, 0.29) is 12.5 Å². The van der Waals surface area contributed by atoms with Gasteiger partial charge in [0.25, 0.3) is 0 Å². The van der Waals surface area contributed by atoms with E-state index < -0.39 is 22.9 Å². The first-order valence-corrected chi connectivity index (χ1v) is 5.98. The van der Waals surface area contributed by atoms with Gasteiger partial charge in [-0.15, -0.1) is 0 Å². The zero-order valence-electron chi connectivity index (χ0n) is 10.6. The van der Waals surface area contributed by atoms with E-state index in [2.05, 4.69) is 5.32 Å². The molecule has 2 atom stereocenters. The van der Waals surface area contributed by atoms with E-state index in [0.717, 1.165) is 12.8 Å². The van der Waals surface area contributed by atoms with Crippen molar-refractivity contribution < 1.29 is 19.8 Å². The number of hydrogen-bond acceptors (Lipinski definition) is 3. The third-order valence-electron chi connectivity index (χ3n) is 3.38. The Bertz CT molecular complexity index is 322. The van der Waals surface area contributed by atoms with E-state index in [1.54, 1.807) is 13.8 Å². The maximum Gasteiger partial charge on any atom is 0.319 e. The molecule has 0 saturated heterocycles. The molecular weight excluding hydrogens is 222 g/mol. The van der Waals surface area contributed by atoms with Crippen LogP contribution in [0.4, 0.5) is 0 Å². The number of carboxylic acids is 1. The van der Waals surface area contributed by atoms with Crippen molar-refractivity contribution in [2.75, 3.05) is 0 Å². The summed E-state index contributed by atoms with van der Waals surface area (Å²) in [4.78, 5) is 23.2. The van der Waals surface area contributed by atoms with Crippen molar-refractivity contribution in [3.8, 4) is 0 Å². The van der Waals surface area contributed by atoms with Crippen LogP contribution in [0, 0.1) is 5.41 Å². The molecule has 0 aromatic heterocycles. The van der Waals surface area contributed by atoms with Gasteiger partial charge in [0.15, 0.2) is 0 Å². The monoisotopic (exact) mass is 243 g/mol. The van der Waals surface area contributed by atoms with Crippen molar-refractivity contribution in [1.29, 1.82) is 0 Å². The van der Waals surface area contributed by atoms with Gasteiger partial charge in [0.1, 0.15) is 5.41 Å². The second kappa shape index (κ2) is 4.64. The highest BCUT2D eigenvalue weighted by molar-refractivity contribution is 6.01. The van der Waals surface area contributed by atoms with Gasteiger partial charge in [0, 0.05) is 12.5 Å². The largest absolute Gasteiger partial charge is 0.480 e. The van der Waals surface area contributed by atoms with E-state index in [1.807, 2.05) is 0 Å². The Morgan fingerprint density at radius 3 is 2.24 bits per heavy atom. The SMILES string of the molecule is CCC(C)(O)CC(C)(C(=O)O)C(=O)NC1CC1. The molecule has 0 aromatic carbocycles. The molecule has 0 aliphatic heterocycles. The minimum Gasteiger partial charge on any atom is -0.480 e. The quantitative estimate of drug-likeness (QED) is 0.605. The molecular formula is C12H21NO4. The number of carboxylic acid groups (broad SMARTS) is 1. The summed E-state index contributed by atoms with van der Waals surface area (Å²) < 4.78 is 0. The molecule has 0 radical (unpaired) electrons. The van der Waals surface area contributed by atoms with Crippen molar-refractivity contribution in [3.05, 3.63) is 0 Å². The second-order valence-corrected chi connectivity index (χ2v) is 5.41. The van der Waals surface area contributed by atoms with Crippen molar-refractivity contribution in [1.82, 2.24) is 5.32 Å². The van der Waals surface area contributed by atoms with Crippen LogP contribution >= 0.6 is 0 Å². The molecule has 2 unspecified atom stereocenters. The third-order valence-corrected chi connectivity index (χ3v) is 3.38. The molecule has 1 amide bonds. The number of nitrogens with one attached hydrogen (secondary N) is 1. The lowest BCUT2D eigenvalue weighted by Crippen LogP contribution is -2.49. The lowest BCUT2D eigenvalue weighted by molar-refractivity contribution is -0.159. The smallest absolute Gasteiger partial charge is 0.319 e. The Kier molecular flexibility index (Phi) is 3.81. The summed E-state index contributed by atoms with van der Waals surface area (Å²) >= 11 is 0. The van der Waals surface area contributed by atoms with Crippen LogP contribution in [0.5, 0.6) is 0 Å². The summed E-state index contributed by atoms with van der Waals surface area (Å²) in [7, 11) is 0. The van der Waals surface area contributed by atoms with E-state index in [9.17, 15) is 19.8 Å². The average molecular weight is 243 g/mol. The predicted octanol–water partition coefficient (Wildman–Crippen LogP) is 0.907. The van der Waals surface area contributed by atoms with E-state index in [0.29, 0.717) is 6.42 Å². The summed E-state index contributed by atoms with van der Waals surface area (Å²) in [6.07, 6.45) is 2.15. The van der Waals surface area contributed by atoms with Gasteiger partial charge in [0.05, 0.1) is 5.60 Å². The lowest BCUT2D eigenvalue weighted by Gasteiger charge is -2.31. The van der Waals surface area contributed by atoms with Crippen molar-refractivity contribution in [2.24, 2.45) is 5.41 Å². The summed E-state index contributed by atoms with van der Waals surface area (Å²) in [5.74, 6) is -1.69. The van der Waals surface area contributed by atoms with Crippen LogP contribution in [-0.4, -0.2) is 33.7 Å². The standard InChI is InChI=1S/C12H21NO4/c1-4-11(2,17)7-12(3,10(15)16)9(14)13-8-5-6-8/h8,17H,4-7H2,1-3H3,(H,13,14)(H,15,16). The molecule has 1 fully saturated rings. The number of carbonyl (C=O) groups excluding carboxylic acids is 1. The van der Waals surface area contributed by atoms with Crippen molar-refractivity contribution in [2.45, 2.75) is 58.1 Å². The first kappa shape index (κ1) is 14.0. The Balaban J connectivity index is 2.79. The molecule has 1 saturated carbocycles. The highest BCUT2D eigenvalue weighted by Gasteiger charge is 2.47. The summed E-state index contributed by atoms with van der Waals surface area (Å²) in [5, 5.41) is 21.9. The van der Waals surface area contributed by atoms with Gasteiger partial charge in [-0.2, -0.15) is 0 Å². The minimum absolute atomic E-state index is 0.0790. The maximum atomic E-state index is 11.9. The normalized spacial score (nSPS) is 22.4. The molecule has 17 heavy (non-hydrogen) atoms. The second-order valence-electron chi connectivity index (χ2n) is 5.41. The number of aliphatic carboxylic acids is 1. The van der Waals surface area contributed by atoms with Crippen molar-refractivity contribution in [3.63, 3.8) is 0 Å². The van der Waals surface area contributed by atoms with E-state index in [1.165, 1.54) is 6.92 Å². The molecule has 0 aromatic rings. The van der Waals surface area contributed by atoms with Crippen LogP contribution in [0.2, 0.25) is 0 Å². The van der Waals surface area contributed by atoms with Gasteiger partial charge in [-0.1, -0.05) is 6.92 Å². The molecule has 98 valence electrons. The van der Waals surface area contributed by atoms with Crippen molar-refractivity contribution >= 4 is 11.9 Å². The van der Waals surface area contributed by atoms with Gasteiger partial charge in [0.2, 0.25) is 5.91 Å². The van der Waals surface area contributed by atoms with Crippen LogP contribution in [0.15, 0.2) is 0 Å². The van der Waals surface area contributed by atoms with E-state index >= 15 is 0 Å². The Morgan fingerprint density at radius 1 is 1.35 bits per heavy atom. The summed E-state index contributed by atoms with van der Waals surface area (Å²) in [5.41, 5.74) is -2.71. The zero-order chi connectivity index (χ0) is 13.3. The Hall–Kier alpha value is -1.10. The van der Waals surface area contributed by atoms with Crippen LogP contribution in [-0.2, 0) is 9.59 Å². The van der Waals surface area contributed by atoms with Gasteiger partial charge >= 0.3 is 5.97 Å². The summed E-state index contributed by atoms with van der Waals surface area (Å²) in [6, 6.07) is 0.118. The highest BCUT2D eigenvalue weighted by Crippen LogP contribution is 2.32. The number of aliphatic hydroxyl groups is 1. The number of amides is 1. The fourth-order valence-corrected chi connectivity index (χ4v) is 1.71. The highest BCUT2D eigenvalue weighted by atomic mass is 16.4. The molecule has 1 aliphatic rings.